The van der Waals surface area contributed by atoms with Gasteiger partial charge in [-0.25, -0.2) is 9.13 Å². The summed E-state index contributed by atoms with van der Waals surface area (Å²) in [6.07, 6.45) is 0. The van der Waals surface area contributed by atoms with Gasteiger partial charge in [-0.05, 0) is 6.92 Å². The van der Waals surface area contributed by atoms with Crippen molar-refractivity contribution in [2.75, 3.05) is 6.61 Å². The van der Waals surface area contributed by atoms with Crippen LogP contribution in [0.15, 0.2) is 0 Å². The van der Waals surface area contributed by atoms with Crippen LogP contribution in [0.5, 0.6) is 0 Å². The lowest BCUT2D eigenvalue weighted by Crippen LogP contribution is -1.93. The van der Waals surface area contributed by atoms with Crippen molar-refractivity contribution in [2.45, 2.75) is 6.92 Å². The van der Waals surface area contributed by atoms with Gasteiger partial charge in [-0.3, -0.25) is 8.83 Å². The normalized spacial score (nSPS) is 17.3. The molecule has 0 amide bonds. The van der Waals surface area contributed by atoms with Gasteiger partial charge in [-0.1, -0.05) is 0 Å². The summed E-state index contributed by atoms with van der Waals surface area (Å²) in [5.74, 6) is 0. The van der Waals surface area contributed by atoms with E-state index in [0.717, 1.165) is 0 Å². The molecule has 7 nitrogen and oxygen atoms in total. The predicted molar refractivity (Wildman–Crippen MR) is 43.2 cm³/mol. The molecule has 12 heavy (non-hydrogen) atoms. The maximum absolute atomic E-state index is 11.0. The first-order valence-corrected chi connectivity index (χ1v) is 6.19. The monoisotopic (exact) mass is 238 g/mol. The summed E-state index contributed by atoms with van der Waals surface area (Å²) in [6.45, 7) is 1.42. The van der Waals surface area contributed by atoms with Crippen LogP contribution in [0.2, 0.25) is 0 Å². The number of phosphoric acid groups is 2. The summed E-state index contributed by atoms with van der Waals surface area (Å²) in [5, 5.41) is 0. The van der Waals surface area contributed by atoms with Crippen LogP contribution in [0.4, 0.5) is 0 Å². The smallest absolute Gasteiger partial charge is 0.302 e. The van der Waals surface area contributed by atoms with E-state index in [4.69, 9.17) is 9.79 Å². The fourth-order valence-electron chi connectivity index (χ4n) is 0.362. The molecule has 0 aromatic carbocycles. The van der Waals surface area contributed by atoms with Gasteiger partial charge in [0.15, 0.2) is 0 Å². The number of hydrogen-bond acceptors (Lipinski definition) is 5. The van der Waals surface area contributed by atoms with Crippen LogP contribution in [0, 0.1) is 0 Å². The van der Waals surface area contributed by atoms with Gasteiger partial charge in [-0.2, -0.15) is 4.31 Å². The molecule has 0 saturated carbocycles. The summed E-state index contributed by atoms with van der Waals surface area (Å²) in [5.41, 5.74) is 0. The van der Waals surface area contributed by atoms with Crippen molar-refractivity contribution in [3.63, 3.8) is 0 Å². The van der Waals surface area contributed by atoms with Crippen molar-refractivity contribution >= 4 is 25.1 Å². The van der Waals surface area contributed by atoms with Crippen LogP contribution in [-0.2, 0) is 22.3 Å². The SMILES string of the molecule is CCOP(=O)(OP)OP(=O)(O)O. The van der Waals surface area contributed by atoms with Crippen molar-refractivity contribution < 1.29 is 32.1 Å². The Balaban J connectivity index is 4.35. The van der Waals surface area contributed by atoms with E-state index in [2.05, 4.69) is 13.1 Å². The highest BCUT2D eigenvalue weighted by atomic mass is 31.3. The van der Waals surface area contributed by atoms with Gasteiger partial charge in [0, 0.05) is 9.47 Å². The Morgan fingerprint density at radius 2 is 1.92 bits per heavy atom. The third kappa shape index (κ3) is 5.36. The Bertz CT molecular complexity index is 219. The molecule has 0 aliphatic carbocycles. The highest BCUT2D eigenvalue weighted by Crippen LogP contribution is 2.62. The molecule has 2 atom stereocenters. The molecule has 2 unspecified atom stereocenters. The average Bonchev–Trinajstić information content (AvgIpc) is 1.84. The first-order valence-electron chi connectivity index (χ1n) is 2.73. The van der Waals surface area contributed by atoms with E-state index in [-0.39, 0.29) is 6.61 Å². The van der Waals surface area contributed by atoms with Crippen LogP contribution >= 0.6 is 25.1 Å². The number of rotatable bonds is 5. The van der Waals surface area contributed by atoms with E-state index in [9.17, 15) is 9.13 Å². The van der Waals surface area contributed by atoms with Gasteiger partial charge in [-0.15, -0.1) is 0 Å². The van der Waals surface area contributed by atoms with Crippen molar-refractivity contribution in [1.29, 1.82) is 0 Å². The van der Waals surface area contributed by atoms with Crippen LogP contribution in [0.3, 0.4) is 0 Å². The minimum Gasteiger partial charge on any atom is -0.302 e. The summed E-state index contributed by atoms with van der Waals surface area (Å²) in [7, 11) is -7.44. The lowest BCUT2D eigenvalue weighted by Gasteiger charge is -2.14. The Morgan fingerprint density at radius 1 is 1.42 bits per heavy atom. The van der Waals surface area contributed by atoms with Crippen molar-refractivity contribution in [1.82, 2.24) is 0 Å². The summed E-state index contributed by atoms with van der Waals surface area (Å²) in [4.78, 5) is 16.5. The predicted octanol–water partition coefficient (Wildman–Crippen LogP) is 1.05. The highest BCUT2D eigenvalue weighted by Gasteiger charge is 2.34. The van der Waals surface area contributed by atoms with Gasteiger partial charge in [0.05, 0.1) is 6.61 Å². The summed E-state index contributed by atoms with van der Waals surface area (Å²) in [6, 6.07) is 0. The number of hydrogen-bond donors (Lipinski definition) is 2. The molecule has 0 radical (unpaired) electrons. The van der Waals surface area contributed by atoms with E-state index in [1.54, 1.807) is 9.47 Å². The lowest BCUT2D eigenvalue weighted by molar-refractivity contribution is 0.196. The molecule has 0 aromatic heterocycles. The molecule has 0 aromatic rings. The first-order chi connectivity index (χ1) is 5.33. The highest BCUT2D eigenvalue weighted by molar-refractivity contribution is 7.63. The molecule has 0 saturated heterocycles. The minimum atomic E-state index is -4.86. The van der Waals surface area contributed by atoms with Crippen molar-refractivity contribution in [3.8, 4) is 0 Å². The van der Waals surface area contributed by atoms with Crippen LogP contribution in [-0.4, -0.2) is 16.4 Å². The zero-order chi connectivity index (χ0) is 9.83. The molecule has 2 N–H and O–H groups in total. The van der Waals surface area contributed by atoms with Crippen LogP contribution in [0.1, 0.15) is 6.92 Å². The van der Waals surface area contributed by atoms with Crippen molar-refractivity contribution in [2.24, 2.45) is 0 Å². The van der Waals surface area contributed by atoms with Gasteiger partial charge < -0.3 is 9.79 Å². The Morgan fingerprint density at radius 3 is 2.17 bits per heavy atom. The standard InChI is InChI=1S/C2H9O7P3/c1-2-7-12(6,8-10)9-11(3,4)5/h2,10H2,1H3,(H2,3,4,5). The van der Waals surface area contributed by atoms with E-state index in [0.29, 0.717) is 0 Å². The average molecular weight is 238 g/mol. The van der Waals surface area contributed by atoms with Crippen LogP contribution < -0.4 is 0 Å². The quantitative estimate of drug-likeness (QED) is 0.689. The summed E-state index contributed by atoms with van der Waals surface area (Å²) < 4.78 is 33.4. The second kappa shape index (κ2) is 4.80. The van der Waals surface area contributed by atoms with Gasteiger partial charge in [0.25, 0.3) is 0 Å². The minimum absolute atomic E-state index is 0.0499. The topological polar surface area (TPSA) is 102 Å². The van der Waals surface area contributed by atoms with E-state index in [1.165, 1.54) is 6.92 Å². The maximum atomic E-state index is 11.0. The summed E-state index contributed by atoms with van der Waals surface area (Å²) >= 11 is 0. The third-order valence-electron chi connectivity index (χ3n) is 0.623. The van der Waals surface area contributed by atoms with E-state index >= 15 is 0 Å². The molecule has 0 spiro atoms. The van der Waals surface area contributed by atoms with Gasteiger partial charge >= 0.3 is 15.6 Å². The zero-order valence-electron chi connectivity index (χ0n) is 6.11. The molecule has 0 heterocycles. The molecule has 74 valence electrons. The second-order valence-electron chi connectivity index (χ2n) is 1.54. The van der Waals surface area contributed by atoms with Crippen LogP contribution in [0.25, 0.3) is 0 Å². The molecular weight excluding hydrogens is 229 g/mol. The Labute approximate surface area is 71.5 Å². The molecule has 0 aliphatic rings. The Hall–Kier alpha value is 0.690. The molecule has 0 bridgehead atoms. The molecule has 10 heteroatoms. The van der Waals surface area contributed by atoms with E-state index in [1.807, 2.05) is 0 Å². The fourth-order valence-corrected chi connectivity index (χ4v) is 2.65. The molecule has 0 rings (SSSR count). The fraction of sp³-hybridized carbons (Fsp3) is 1.00. The second-order valence-corrected chi connectivity index (χ2v) is 5.17. The molecule has 0 fully saturated rings. The first kappa shape index (κ1) is 12.7. The van der Waals surface area contributed by atoms with E-state index < -0.39 is 15.6 Å². The molecular formula is C2H9O7P3. The third-order valence-corrected chi connectivity index (χ3v) is 3.88. The zero-order valence-corrected chi connectivity index (χ0v) is 9.06. The van der Waals surface area contributed by atoms with Gasteiger partial charge in [0.2, 0.25) is 0 Å². The van der Waals surface area contributed by atoms with Crippen molar-refractivity contribution in [3.05, 3.63) is 0 Å². The Kier molecular flexibility index (Phi) is 5.07. The maximum Gasteiger partial charge on any atom is 0.486 e. The lowest BCUT2D eigenvalue weighted by atomic mass is 10.9. The van der Waals surface area contributed by atoms with Gasteiger partial charge in [0.1, 0.15) is 0 Å². The largest absolute Gasteiger partial charge is 0.486 e. The molecule has 0 aliphatic heterocycles.